The Morgan fingerprint density at radius 2 is 1.53 bits per heavy atom. The first-order valence-corrected chi connectivity index (χ1v) is 12.3. The molecule has 4 unspecified atom stereocenters. The maximum Gasteiger partial charge on any atom is 0.244 e. The van der Waals surface area contributed by atoms with Crippen molar-refractivity contribution in [1.29, 1.82) is 0 Å². The molecule has 9 nitrogen and oxygen atoms in total. The summed E-state index contributed by atoms with van der Waals surface area (Å²) in [5, 5.41) is 2.66. The number of rotatable bonds is 5. The molecule has 2 bridgehead atoms. The standard InChI is InChI=1S/C22H26N4O5S/c1-24-8-10-25(11-9-24)32(30,31)17-6-4-16(5-7-17)23-18(27)13-26-21(28)19-14-2-3-15(12-14)20(19)22(26)29/h2-7,14-15,19-20H,8-13H2,1H3,(H,23,27). The highest BCUT2D eigenvalue weighted by Gasteiger charge is 2.59. The average molecular weight is 459 g/mol. The summed E-state index contributed by atoms with van der Waals surface area (Å²) in [6.45, 7) is 1.91. The van der Waals surface area contributed by atoms with Gasteiger partial charge in [0, 0.05) is 31.9 Å². The maximum atomic E-state index is 12.8. The number of piperazine rings is 1. The molecule has 170 valence electrons. The van der Waals surface area contributed by atoms with Crippen molar-refractivity contribution in [3.63, 3.8) is 0 Å². The lowest BCUT2D eigenvalue weighted by atomic mass is 9.85. The van der Waals surface area contributed by atoms with Crippen LogP contribution in [0.2, 0.25) is 0 Å². The molecule has 0 radical (unpaired) electrons. The lowest BCUT2D eigenvalue weighted by Crippen LogP contribution is -2.46. The van der Waals surface area contributed by atoms with Gasteiger partial charge in [0.1, 0.15) is 6.54 Å². The molecule has 4 atom stereocenters. The van der Waals surface area contributed by atoms with Crippen LogP contribution in [0.4, 0.5) is 5.69 Å². The van der Waals surface area contributed by atoms with Gasteiger partial charge in [-0.1, -0.05) is 12.2 Å². The maximum absolute atomic E-state index is 12.8. The van der Waals surface area contributed by atoms with Crippen molar-refractivity contribution in [1.82, 2.24) is 14.1 Å². The molecule has 1 aromatic carbocycles. The number of allylic oxidation sites excluding steroid dienone is 2. The summed E-state index contributed by atoms with van der Waals surface area (Å²) < 4.78 is 27.1. The van der Waals surface area contributed by atoms with Crippen LogP contribution in [0.15, 0.2) is 41.3 Å². The first-order valence-electron chi connectivity index (χ1n) is 10.9. The van der Waals surface area contributed by atoms with Crippen molar-refractivity contribution < 1.29 is 22.8 Å². The molecule has 1 N–H and O–H groups in total. The fourth-order valence-electron chi connectivity index (χ4n) is 5.35. The van der Waals surface area contributed by atoms with E-state index >= 15 is 0 Å². The molecular weight excluding hydrogens is 432 g/mol. The number of sulfonamides is 1. The summed E-state index contributed by atoms with van der Waals surface area (Å²) in [7, 11) is -1.63. The Morgan fingerprint density at radius 1 is 0.969 bits per heavy atom. The quantitative estimate of drug-likeness (QED) is 0.505. The Balaban J connectivity index is 1.21. The van der Waals surface area contributed by atoms with E-state index < -0.39 is 15.9 Å². The van der Waals surface area contributed by atoms with E-state index in [1.807, 2.05) is 19.2 Å². The minimum atomic E-state index is -3.59. The lowest BCUT2D eigenvalue weighted by Gasteiger charge is -2.31. The highest BCUT2D eigenvalue weighted by molar-refractivity contribution is 7.89. The number of amides is 3. The fraction of sp³-hybridized carbons (Fsp3) is 0.500. The number of nitrogens with zero attached hydrogens (tertiary/aromatic N) is 3. The number of hydrogen-bond donors (Lipinski definition) is 1. The van der Waals surface area contributed by atoms with Crippen LogP contribution in [0.3, 0.4) is 0 Å². The van der Waals surface area contributed by atoms with Crippen LogP contribution < -0.4 is 5.32 Å². The zero-order chi connectivity index (χ0) is 22.6. The largest absolute Gasteiger partial charge is 0.325 e. The molecule has 0 aromatic heterocycles. The van der Waals surface area contributed by atoms with Crippen molar-refractivity contribution >= 4 is 33.4 Å². The van der Waals surface area contributed by atoms with Gasteiger partial charge in [0.25, 0.3) is 0 Å². The average Bonchev–Trinajstić information content (AvgIpc) is 3.45. The SMILES string of the molecule is CN1CCN(S(=O)(=O)c2ccc(NC(=O)CN3C(=O)C4C5C=CC(C5)C4C3=O)cc2)CC1. The molecule has 2 heterocycles. The molecule has 32 heavy (non-hydrogen) atoms. The number of imide groups is 1. The highest BCUT2D eigenvalue weighted by atomic mass is 32.2. The fourth-order valence-corrected chi connectivity index (χ4v) is 6.77. The van der Waals surface area contributed by atoms with E-state index in [2.05, 4.69) is 10.2 Å². The molecule has 3 fully saturated rings. The van der Waals surface area contributed by atoms with Gasteiger partial charge in [0.2, 0.25) is 27.7 Å². The summed E-state index contributed by atoms with van der Waals surface area (Å²) in [5.41, 5.74) is 0.411. The first kappa shape index (κ1) is 21.3. The van der Waals surface area contributed by atoms with Crippen LogP contribution >= 0.6 is 0 Å². The van der Waals surface area contributed by atoms with Crippen molar-refractivity contribution in [3.8, 4) is 0 Å². The van der Waals surface area contributed by atoms with Gasteiger partial charge in [0.15, 0.2) is 0 Å². The number of nitrogens with one attached hydrogen (secondary N) is 1. The van der Waals surface area contributed by atoms with Crippen LogP contribution in [0.5, 0.6) is 0 Å². The minimum Gasteiger partial charge on any atom is -0.325 e. The van der Waals surface area contributed by atoms with Crippen molar-refractivity contribution in [2.75, 3.05) is 45.1 Å². The molecule has 5 rings (SSSR count). The van der Waals surface area contributed by atoms with Crippen LogP contribution in [0, 0.1) is 23.7 Å². The summed E-state index contributed by atoms with van der Waals surface area (Å²) >= 11 is 0. The first-order chi connectivity index (χ1) is 15.3. The molecular formula is C22H26N4O5S. The number of carbonyl (C=O) groups excluding carboxylic acids is 3. The Morgan fingerprint density at radius 3 is 2.09 bits per heavy atom. The topological polar surface area (TPSA) is 107 Å². The monoisotopic (exact) mass is 458 g/mol. The summed E-state index contributed by atoms with van der Waals surface area (Å²) in [6.07, 6.45) is 4.87. The van der Waals surface area contributed by atoms with Gasteiger partial charge in [-0.05, 0) is 49.6 Å². The number of likely N-dealkylation sites (tertiary alicyclic amines) is 1. The van der Waals surface area contributed by atoms with Gasteiger partial charge in [-0.15, -0.1) is 0 Å². The second-order valence-corrected chi connectivity index (χ2v) is 11.0. The van der Waals surface area contributed by atoms with E-state index in [9.17, 15) is 22.8 Å². The minimum absolute atomic E-state index is 0.101. The smallest absolute Gasteiger partial charge is 0.244 e. The third kappa shape index (κ3) is 3.46. The third-order valence-electron chi connectivity index (χ3n) is 7.10. The summed E-state index contributed by atoms with van der Waals surface area (Å²) in [4.78, 5) is 41.3. The highest BCUT2D eigenvalue weighted by Crippen LogP contribution is 2.52. The second kappa shape index (κ2) is 7.79. The van der Waals surface area contributed by atoms with Crippen molar-refractivity contribution in [2.24, 2.45) is 23.7 Å². The Bertz CT molecular complexity index is 1060. The zero-order valence-electron chi connectivity index (χ0n) is 17.8. The third-order valence-corrected chi connectivity index (χ3v) is 9.01. The van der Waals surface area contributed by atoms with Crippen LogP contribution in [0.1, 0.15) is 6.42 Å². The van der Waals surface area contributed by atoms with E-state index in [1.165, 1.54) is 28.6 Å². The van der Waals surface area contributed by atoms with E-state index in [1.54, 1.807) is 0 Å². The van der Waals surface area contributed by atoms with Gasteiger partial charge < -0.3 is 10.2 Å². The number of benzene rings is 1. The predicted octanol–water partition coefficient (Wildman–Crippen LogP) is 0.368. The van der Waals surface area contributed by atoms with Gasteiger partial charge in [0.05, 0.1) is 16.7 Å². The van der Waals surface area contributed by atoms with Crippen LogP contribution in [-0.2, 0) is 24.4 Å². The number of carbonyl (C=O) groups is 3. The Labute approximate surface area is 187 Å². The Hall–Kier alpha value is -2.56. The molecule has 2 aliphatic heterocycles. The van der Waals surface area contributed by atoms with Crippen molar-refractivity contribution in [3.05, 3.63) is 36.4 Å². The number of likely N-dealkylation sites (N-methyl/N-ethyl adjacent to an activating group) is 1. The zero-order valence-corrected chi connectivity index (χ0v) is 18.6. The van der Waals surface area contributed by atoms with Gasteiger partial charge in [-0.2, -0.15) is 4.31 Å². The molecule has 2 saturated heterocycles. The van der Waals surface area contributed by atoms with Gasteiger partial charge >= 0.3 is 0 Å². The predicted molar refractivity (Wildman–Crippen MR) is 116 cm³/mol. The van der Waals surface area contributed by atoms with E-state index in [0.29, 0.717) is 31.9 Å². The number of hydrogen-bond acceptors (Lipinski definition) is 6. The molecule has 2 aliphatic carbocycles. The van der Waals surface area contributed by atoms with Gasteiger partial charge in [-0.25, -0.2) is 8.42 Å². The van der Waals surface area contributed by atoms with E-state index in [4.69, 9.17) is 0 Å². The molecule has 0 spiro atoms. The van der Waals surface area contributed by atoms with Crippen LogP contribution in [0.25, 0.3) is 0 Å². The second-order valence-electron chi connectivity index (χ2n) is 9.04. The van der Waals surface area contributed by atoms with Gasteiger partial charge in [-0.3, -0.25) is 19.3 Å². The normalized spacial score (nSPS) is 30.2. The molecule has 10 heteroatoms. The van der Waals surface area contributed by atoms with Crippen LogP contribution in [-0.4, -0.2) is 80.0 Å². The molecule has 1 aromatic rings. The lowest BCUT2D eigenvalue weighted by molar-refractivity contribution is -0.143. The molecule has 1 saturated carbocycles. The van der Waals surface area contributed by atoms with Crippen molar-refractivity contribution in [2.45, 2.75) is 11.3 Å². The molecule has 4 aliphatic rings. The summed E-state index contributed by atoms with van der Waals surface area (Å²) in [5.74, 6) is -1.47. The number of anilines is 1. The summed E-state index contributed by atoms with van der Waals surface area (Å²) in [6, 6.07) is 5.97. The molecule has 3 amide bonds. The van der Waals surface area contributed by atoms with E-state index in [0.717, 1.165) is 11.3 Å². The number of fused-ring (bicyclic) bond motifs is 5. The van der Waals surface area contributed by atoms with E-state index in [-0.39, 0.29) is 46.9 Å². The Kier molecular flexibility index (Phi) is 5.18.